The van der Waals surface area contributed by atoms with Crippen LogP contribution >= 0.6 is 11.3 Å². The maximum absolute atomic E-state index is 6.30. The summed E-state index contributed by atoms with van der Waals surface area (Å²) in [6.45, 7) is 6.48. The van der Waals surface area contributed by atoms with E-state index in [9.17, 15) is 0 Å². The molecule has 0 aromatic carbocycles. The van der Waals surface area contributed by atoms with Gasteiger partial charge in [0.15, 0.2) is 0 Å². The summed E-state index contributed by atoms with van der Waals surface area (Å²) in [5.74, 6) is 0. The molecular formula is C12H22N2S. The molecule has 0 fully saturated rings. The Labute approximate surface area is 96.9 Å². The summed E-state index contributed by atoms with van der Waals surface area (Å²) in [4.78, 5) is 4.66. The monoisotopic (exact) mass is 226 g/mol. The summed E-state index contributed by atoms with van der Waals surface area (Å²) in [5, 5.41) is 3.38. The van der Waals surface area contributed by atoms with Crippen molar-refractivity contribution in [2.24, 2.45) is 5.73 Å². The zero-order valence-electron chi connectivity index (χ0n) is 10.0. The molecule has 0 aliphatic rings. The van der Waals surface area contributed by atoms with E-state index >= 15 is 0 Å². The first-order valence-corrected chi connectivity index (χ1v) is 6.78. The van der Waals surface area contributed by atoms with Crippen molar-refractivity contribution < 1.29 is 0 Å². The first kappa shape index (κ1) is 12.7. The van der Waals surface area contributed by atoms with Crippen molar-refractivity contribution in [1.29, 1.82) is 0 Å². The third kappa shape index (κ3) is 3.02. The number of nitrogens with two attached hydrogens (primary N) is 1. The second kappa shape index (κ2) is 5.61. The summed E-state index contributed by atoms with van der Waals surface area (Å²) >= 11 is 1.76. The molecule has 3 heteroatoms. The van der Waals surface area contributed by atoms with Crippen LogP contribution in [0.15, 0.2) is 5.38 Å². The first-order valence-electron chi connectivity index (χ1n) is 5.90. The molecule has 0 radical (unpaired) electrons. The lowest BCUT2D eigenvalue weighted by Gasteiger charge is -2.24. The van der Waals surface area contributed by atoms with E-state index in [1.807, 2.05) is 0 Å². The van der Waals surface area contributed by atoms with E-state index < -0.39 is 0 Å². The van der Waals surface area contributed by atoms with Gasteiger partial charge in [-0.05, 0) is 25.7 Å². The highest BCUT2D eigenvalue weighted by Gasteiger charge is 2.25. The van der Waals surface area contributed by atoms with Gasteiger partial charge in [0.1, 0.15) is 0 Å². The van der Waals surface area contributed by atoms with Crippen molar-refractivity contribution >= 4 is 11.3 Å². The minimum atomic E-state index is -0.207. The van der Waals surface area contributed by atoms with Crippen LogP contribution in [-0.2, 0) is 12.0 Å². The van der Waals surface area contributed by atoms with Gasteiger partial charge in [-0.1, -0.05) is 27.2 Å². The summed E-state index contributed by atoms with van der Waals surface area (Å²) in [7, 11) is 0. The Bertz CT molecular complexity index is 290. The second-order valence-electron chi connectivity index (χ2n) is 4.09. The van der Waals surface area contributed by atoms with Crippen LogP contribution in [0.25, 0.3) is 0 Å². The summed E-state index contributed by atoms with van der Waals surface area (Å²) in [6, 6.07) is 0. The lowest BCUT2D eigenvalue weighted by atomic mass is 9.91. The van der Waals surface area contributed by atoms with Gasteiger partial charge in [0.05, 0.1) is 16.2 Å². The van der Waals surface area contributed by atoms with Gasteiger partial charge in [-0.25, -0.2) is 4.98 Å². The molecule has 0 unspecified atom stereocenters. The van der Waals surface area contributed by atoms with E-state index in [-0.39, 0.29) is 5.54 Å². The molecule has 0 bridgehead atoms. The fourth-order valence-electron chi connectivity index (χ4n) is 1.59. The Hall–Kier alpha value is -0.410. The van der Waals surface area contributed by atoms with Crippen molar-refractivity contribution in [2.75, 3.05) is 0 Å². The number of aromatic nitrogens is 1. The SMILES string of the molecule is CCCCc1nc(C(N)(CC)CC)cs1. The average Bonchev–Trinajstić information content (AvgIpc) is 2.74. The molecule has 0 spiro atoms. The van der Waals surface area contributed by atoms with Crippen LogP contribution in [0.2, 0.25) is 0 Å². The maximum atomic E-state index is 6.30. The van der Waals surface area contributed by atoms with Crippen molar-refractivity contribution in [1.82, 2.24) is 4.98 Å². The van der Waals surface area contributed by atoms with Gasteiger partial charge in [-0.2, -0.15) is 0 Å². The highest BCUT2D eigenvalue weighted by atomic mass is 32.1. The van der Waals surface area contributed by atoms with Crippen LogP contribution in [0, 0.1) is 0 Å². The van der Waals surface area contributed by atoms with Gasteiger partial charge in [0, 0.05) is 5.38 Å². The van der Waals surface area contributed by atoms with Crippen LogP contribution in [0.5, 0.6) is 0 Å². The largest absolute Gasteiger partial charge is 0.320 e. The number of rotatable bonds is 6. The molecule has 2 nitrogen and oxygen atoms in total. The van der Waals surface area contributed by atoms with Gasteiger partial charge in [0.2, 0.25) is 0 Å². The molecule has 0 saturated carbocycles. The molecule has 1 rings (SSSR count). The van der Waals surface area contributed by atoms with E-state index in [1.54, 1.807) is 11.3 Å². The lowest BCUT2D eigenvalue weighted by Crippen LogP contribution is -2.35. The third-order valence-electron chi connectivity index (χ3n) is 3.07. The van der Waals surface area contributed by atoms with Crippen LogP contribution in [0.1, 0.15) is 57.2 Å². The third-order valence-corrected chi connectivity index (χ3v) is 3.98. The van der Waals surface area contributed by atoms with Gasteiger partial charge in [-0.15, -0.1) is 11.3 Å². The zero-order chi connectivity index (χ0) is 11.3. The molecule has 1 aromatic rings. The van der Waals surface area contributed by atoms with Crippen LogP contribution in [0.3, 0.4) is 0 Å². The molecule has 2 N–H and O–H groups in total. The summed E-state index contributed by atoms with van der Waals surface area (Å²) in [6.07, 6.45) is 5.47. The van der Waals surface area contributed by atoms with Crippen molar-refractivity contribution in [3.05, 3.63) is 16.1 Å². The maximum Gasteiger partial charge on any atom is 0.0929 e. The number of unbranched alkanes of at least 4 members (excludes halogenated alkanes) is 1. The van der Waals surface area contributed by atoms with E-state index in [0.717, 1.165) is 25.0 Å². The highest BCUT2D eigenvalue weighted by Crippen LogP contribution is 2.27. The molecule has 15 heavy (non-hydrogen) atoms. The van der Waals surface area contributed by atoms with Crippen LogP contribution in [-0.4, -0.2) is 4.98 Å². The number of nitrogens with zero attached hydrogens (tertiary/aromatic N) is 1. The van der Waals surface area contributed by atoms with Gasteiger partial charge >= 0.3 is 0 Å². The fourth-order valence-corrected chi connectivity index (χ4v) is 2.54. The fraction of sp³-hybridized carbons (Fsp3) is 0.750. The molecule has 86 valence electrons. The van der Waals surface area contributed by atoms with E-state index in [0.29, 0.717) is 0 Å². The van der Waals surface area contributed by atoms with Crippen LogP contribution in [0.4, 0.5) is 0 Å². The normalized spacial score (nSPS) is 12.0. The standard InChI is InChI=1S/C12H22N2S/c1-4-7-8-11-14-10(9-15-11)12(13,5-2)6-3/h9H,4-8,13H2,1-3H3. The summed E-state index contributed by atoms with van der Waals surface area (Å²) < 4.78 is 0. The van der Waals surface area contributed by atoms with E-state index in [2.05, 4.69) is 31.1 Å². The first-order chi connectivity index (χ1) is 7.16. The minimum Gasteiger partial charge on any atom is -0.320 e. The van der Waals surface area contributed by atoms with E-state index in [1.165, 1.54) is 17.8 Å². The Morgan fingerprint density at radius 2 is 2.00 bits per heavy atom. The molecule has 0 aliphatic heterocycles. The zero-order valence-corrected chi connectivity index (χ0v) is 10.9. The quantitative estimate of drug-likeness (QED) is 0.806. The second-order valence-corrected chi connectivity index (χ2v) is 5.04. The predicted molar refractivity (Wildman–Crippen MR) is 67.2 cm³/mol. The molecular weight excluding hydrogens is 204 g/mol. The van der Waals surface area contributed by atoms with Gasteiger partial charge in [-0.3, -0.25) is 0 Å². The molecule has 0 atom stereocenters. The predicted octanol–water partition coefficient (Wildman–Crippen LogP) is 3.46. The number of hydrogen-bond acceptors (Lipinski definition) is 3. The average molecular weight is 226 g/mol. The molecule has 0 amide bonds. The number of aryl methyl sites for hydroxylation is 1. The topological polar surface area (TPSA) is 38.9 Å². The molecule has 0 saturated heterocycles. The highest BCUT2D eigenvalue weighted by molar-refractivity contribution is 7.09. The Morgan fingerprint density at radius 1 is 1.33 bits per heavy atom. The van der Waals surface area contributed by atoms with Crippen molar-refractivity contribution in [3.63, 3.8) is 0 Å². The van der Waals surface area contributed by atoms with E-state index in [4.69, 9.17) is 5.73 Å². The van der Waals surface area contributed by atoms with Crippen molar-refractivity contribution in [3.8, 4) is 0 Å². The number of thiazole rings is 1. The smallest absolute Gasteiger partial charge is 0.0929 e. The Kier molecular flexibility index (Phi) is 4.74. The van der Waals surface area contributed by atoms with Gasteiger partial charge in [0.25, 0.3) is 0 Å². The Morgan fingerprint density at radius 3 is 2.53 bits per heavy atom. The van der Waals surface area contributed by atoms with Gasteiger partial charge < -0.3 is 5.73 Å². The molecule has 1 aromatic heterocycles. The molecule has 1 heterocycles. The number of hydrogen-bond donors (Lipinski definition) is 1. The Balaban J connectivity index is 2.74. The van der Waals surface area contributed by atoms with Crippen LogP contribution < -0.4 is 5.73 Å². The van der Waals surface area contributed by atoms with Crippen molar-refractivity contribution in [2.45, 2.75) is 58.4 Å². The molecule has 0 aliphatic carbocycles. The lowest BCUT2D eigenvalue weighted by molar-refractivity contribution is 0.402. The minimum absolute atomic E-state index is 0.207. The summed E-state index contributed by atoms with van der Waals surface area (Å²) in [5.41, 5.74) is 7.18.